The van der Waals surface area contributed by atoms with Crippen LogP contribution in [0, 0.1) is 6.92 Å². The van der Waals surface area contributed by atoms with Gasteiger partial charge in [0, 0.05) is 6.04 Å². The second kappa shape index (κ2) is 7.79. The smallest absolute Gasteiger partial charge is 0.154 e. The third kappa shape index (κ3) is 4.91. The second-order valence-electron chi connectivity index (χ2n) is 5.47. The normalized spacial score (nSPS) is 15.0. The van der Waals surface area contributed by atoms with Crippen LogP contribution in [-0.4, -0.2) is 26.0 Å². The first-order chi connectivity index (χ1) is 9.40. The molecule has 0 fully saturated rings. The second-order valence-corrected chi connectivity index (χ2v) is 7.93. The van der Waals surface area contributed by atoms with E-state index in [1.807, 2.05) is 38.1 Å². The van der Waals surface area contributed by atoms with E-state index in [0.29, 0.717) is 6.42 Å². The molecule has 0 bridgehead atoms. The minimum atomic E-state index is -3.06. The summed E-state index contributed by atoms with van der Waals surface area (Å²) in [6.45, 7) is 8.66. The third-order valence-corrected chi connectivity index (χ3v) is 6.06. The molecule has 2 atom stereocenters. The third-order valence-electron chi connectivity index (χ3n) is 3.71. The highest BCUT2D eigenvalue weighted by Gasteiger charge is 2.24. The van der Waals surface area contributed by atoms with Crippen LogP contribution in [0.15, 0.2) is 24.3 Å². The topological polar surface area (TPSA) is 46.2 Å². The molecule has 0 saturated carbocycles. The van der Waals surface area contributed by atoms with Crippen LogP contribution in [0.2, 0.25) is 0 Å². The van der Waals surface area contributed by atoms with E-state index < -0.39 is 9.84 Å². The van der Waals surface area contributed by atoms with Crippen LogP contribution < -0.4 is 5.32 Å². The monoisotopic (exact) mass is 297 g/mol. The molecule has 0 heterocycles. The van der Waals surface area contributed by atoms with Crippen LogP contribution in [0.4, 0.5) is 0 Å². The molecule has 20 heavy (non-hydrogen) atoms. The summed E-state index contributed by atoms with van der Waals surface area (Å²) >= 11 is 0. The van der Waals surface area contributed by atoms with E-state index in [0.717, 1.165) is 18.5 Å². The lowest BCUT2D eigenvalue weighted by molar-refractivity contribution is 0.538. The van der Waals surface area contributed by atoms with Crippen molar-refractivity contribution in [1.82, 2.24) is 5.32 Å². The molecule has 0 spiro atoms. The first-order valence-corrected chi connectivity index (χ1v) is 9.13. The number of aryl methyl sites for hydroxylation is 1. The van der Waals surface area contributed by atoms with Gasteiger partial charge >= 0.3 is 0 Å². The molecule has 114 valence electrons. The highest BCUT2D eigenvalue weighted by atomic mass is 32.2. The molecule has 0 radical (unpaired) electrons. The van der Waals surface area contributed by atoms with Gasteiger partial charge in [0.05, 0.1) is 11.0 Å². The average molecular weight is 297 g/mol. The molecule has 0 aliphatic rings. The van der Waals surface area contributed by atoms with E-state index in [2.05, 4.69) is 12.2 Å². The Labute approximate surface area is 123 Å². The van der Waals surface area contributed by atoms with E-state index in [4.69, 9.17) is 0 Å². The van der Waals surface area contributed by atoms with Gasteiger partial charge in [-0.1, -0.05) is 43.7 Å². The zero-order valence-electron chi connectivity index (χ0n) is 13.0. The van der Waals surface area contributed by atoms with Gasteiger partial charge in [-0.05, 0) is 38.8 Å². The predicted molar refractivity (Wildman–Crippen MR) is 85.8 cm³/mol. The number of benzene rings is 1. The van der Waals surface area contributed by atoms with Crippen LogP contribution >= 0.6 is 0 Å². The standard InChI is InChI=1S/C16H27NO2S/c1-5-11-17-16(12-20(18,19)14(4)6-2)15-9-7-13(3)8-10-15/h7-10,14,16-17H,5-6,11-12H2,1-4H3. The Kier molecular flexibility index (Phi) is 6.69. The lowest BCUT2D eigenvalue weighted by atomic mass is 10.1. The zero-order chi connectivity index (χ0) is 15.2. The van der Waals surface area contributed by atoms with Gasteiger partial charge in [0.15, 0.2) is 9.84 Å². The van der Waals surface area contributed by atoms with Gasteiger partial charge in [0.1, 0.15) is 0 Å². The van der Waals surface area contributed by atoms with Crippen molar-refractivity contribution in [3.63, 3.8) is 0 Å². The Morgan fingerprint density at radius 3 is 2.25 bits per heavy atom. The van der Waals surface area contributed by atoms with E-state index in [-0.39, 0.29) is 17.0 Å². The first kappa shape index (κ1) is 17.2. The minimum absolute atomic E-state index is 0.116. The summed E-state index contributed by atoms with van der Waals surface area (Å²) in [5.41, 5.74) is 2.24. The van der Waals surface area contributed by atoms with Crippen molar-refractivity contribution in [1.29, 1.82) is 0 Å². The van der Waals surface area contributed by atoms with Crippen LogP contribution in [0.25, 0.3) is 0 Å². The Balaban J connectivity index is 2.92. The SMILES string of the molecule is CCCNC(CS(=O)(=O)C(C)CC)c1ccc(C)cc1. The van der Waals surface area contributed by atoms with Crippen LogP contribution in [-0.2, 0) is 9.84 Å². The van der Waals surface area contributed by atoms with E-state index in [1.54, 1.807) is 6.92 Å². The zero-order valence-corrected chi connectivity index (χ0v) is 13.8. The van der Waals surface area contributed by atoms with Gasteiger partial charge in [-0.15, -0.1) is 0 Å². The number of nitrogens with one attached hydrogen (secondary N) is 1. The molecule has 0 saturated heterocycles. The van der Waals surface area contributed by atoms with Gasteiger partial charge in [-0.2, -0.15) is 0 Å². The molecule has 1 N–H and O–H groups in total. The maximum absolute atomic E-state index is 12.3. The highest BCUT2D eigenvalue weighted by Crippen LogP contribution is 2.19. The van der Waals surface area contributed by atoms with Gasteiger partial charge in [-0.3, -0.25) is 0 Å². The van der Waals surface area contributed by atoms with E-state index in [9.17, 15) is 8.42 Å². The Morgan fingerprint density at radius 1 is 1.15 bits per heavy atom. The van der Waals surface area contributed by atoms with Crippen molar-refractivity contribution >= 4 is 9.84 Å². The maximum Gasteiger partial charge on any atom is 0.154 e. The summed E-state index contributed by atoms with van der Waals surface area (Å²) in [4.78, 5) is 0. The predicted octanol–water partition coefficient (Wildman–Crippen LogP) is 3.25. The summed E-state index contributed by atoms with van der Waals surface area (Å²) in [5, 5.41) is 3.08. The summed E-state index contributed by atoms with van der Waals surface area (Å²) < 4.78 is 24.7. The summed E-state index contributed by atoms with van der Waals surface area (Å²) in [6.07, 6.45) is 1.66. The molecule has 0 aromatic heterocycles. The fourth-order valence-corrected chi connectivity index (χ4v) is 3.65. The van der Waals surface area contributed by atoms with Gasteiger partial charge in [-0.25, -0.2) is 8.42 Å². The van der Waals surface area contributed by atoms with Crippen LogP contribution in [0.3, 0.4) is 0 Å². The number of hydrogen-bond acceptors (Lipinski definition) is 3. The van der Waals surface area contributed by atoms with Crippen molar-refractivity contribution in [2.45, 2.75) is 51.8 Å². The fraction of sp³-hybridized carbons (Fsp3) is 0.625. The molecule has 1 rings (SSSR count). The Hall–Kier alpha value is -0.870. The van der Waals surface area contributed by atoms with Crippen molar-refractivity contribution in [3.05, 3.63) is 35.4 Å². The summed E-state index contributed by atoms with van der Waals surface area (Å²) in [7, 11) is -3.06. The van der Waals surface area contributed by atoms with E-state index >= 15 is 0 Å². The molecule has 1 aromatic rings. The number of sulfone groups is 1. The van der Waals surface area contributed by atoms with E-state index in [1.165, 1.54) is 5.56 Å². The van der Waals surface area contributed by atoms with Gasteiger partial charge in [0.25, 0.3) is 0 Å². The molecule has 2 unspecified atom stereocenters. The molecule has 1 aromatic carbocycles. The van der Waals surface area contributed by atoms with Gasteiger partial charge in [0.2, 0.25) is 0 Å². The van der Waals surface area contributed by atoms with Crippen molar-refractivity contribution < 1.29 is 8.42 Å². The molecule has 0 aliphatic carbocycles. The minimum Gasteiger partial charge on any atom is -0.309 e. The van der Waals surface area contributed by atoms with Gasteiger partial charge < -0.3 is 5.32 Å². The number of hydrogen-bond donors (Lipinski definition) is 1. The molecular weight excluding hydrogens is 270 g/mol. The summed E-state index contributed by atoms with van der Waals surface area (Å²) in [6, 6.07) is 8.00. The highest BCUT2D eigenvalue weighted by molar-refractivity contribution is 7.92. The maximum atomic E-state index is 12.3. The van der Waals surface area contributed by atoms with Crippen LogP contribution in [0.1, 0.15) is 50.8 Å². The lowest BCUT2D eigenvalue weighted by Gasteiger charge is -2.21. The quantitative estimate of drug-likeness (QED) is 0.801. The largest absolute Gasteiger partial charge is 0.309 e. The average Bonchev–Trinajstić information content (AvgIpc) is 2.43. The number of rotatable bonds is 8. The molecule has 3 nitrogen and oxygen atoms in total. The molecule has 0 aliphatic heterocycles. The Morgan fingerprint density at radius 2 is 1.75 bits per heavy atom. The molecular formula is C16H27NO2S. The lowest BCUT2D eigenvalue weighted by Crippen LogP contribution is -2.32. The van der Waals surface area contributed by atoms with Crippen molar-refractivity contribution in [2.24, 2.45) is 0 Å². The first-order valence-electron chi connectivity index (χ1n) is 7.42. The fourth-order valence-electron chi connectivity index (χ4n) is 2.04. The summed E-state index contributed by atoms with van der Waals surface area (Å²) in [5.74, 6) is 0.172. The van der Waals surface area contributed by atoms with Crippen molar-refractivity contribution in [3.8, 4) is 0 Å². The van der Waals surface area contributed by atoms with Crippen molar-refractivity contribution in [2.75, 3.05) is 12.3 Å². The molecule has 0 amide bonds. The molecule has 4 heteroatoms. The Bertz CT molecular complexity index is 494. The van der Waals surface area contributed by atoms with Crippen LogP contribution in [0.5, 0.6) is 0 Å².